The van der Waals surface area contributed by atoms with Crippen molar-refractivity contribution in [2.75, 3.05) is 26.3 Å². The third kappa shape index (κ3) is 3.84. The zero-order valence-electron chi connectivity index (χ0n) is 14.3. The number of benzene rings is 1. The van der Waals surface area contributed by atoms with Crippen LogP contribution in [-0.2, 0) is 15.3 Å². The summed E-state index contributed by atoms with van der Waals surface area (Å²) in [6, 6.07) is 8.31. The molecule has 0 N–H and O–H groups in total. The third-order valence-corrected chi connectivity index (χ3v) is 7.45. The van der Waals surface area contributed by atoms with Gasteiger partial charge in [-0.2, -0.15) is 0 Å². The Bertz CT molecular complexity index is 790. The molecule has 0 saturated carbocycles. The van der Waals surface area contributed by atoms with Gasteiger partial charge in [-0.05, 0) is 37.6 Å². The predicted octanol–water partition coefficient (Wildman–Crippen LogP) is 4.13. The first kappa shape index (κ1) is 18.4. The molecule has 0 radical (unpaired) electrons. The first-order valence-electron chi connectivity index (χ1n) is 8.49. The molecule has 0 spiro atoms. The molecule has 138 valence electrons. The molecule has 1 amide bonds. The monoisotopic (exact) mass is 454 g/mol. The van der Waals surface area contributed by atoms with Gasteiger partial charge in [-0.15, -0.1) is 23.1 Å². The van der Waals surface area contributed by atoms with Gasteiger partial charge in [0, 0.05) is 27.7 Å². The van der Waals surface area contributed by atoms with Crippen molar-refractivity contribution in [2.45, 2.75) is 29.3 Å². The van der Waals surface area contributed by atoms with Crippen LogP contribution < -0.4 is 0 Å². The van der Waals surface area contributed by atoms with Gasteiger partial charge in [-0.3, -0.25) is 4.79 Å². The van der Waals surface area contributed by atoms with E-state index in [1.165, 1.54) is 16.2 Å². The number of aromatic nitrogens is 1. The second-order valence-electron chi connectivity index (χ2n) is 6.41. The molecule has 2 aromatic rings. The minimum absolute atomic E-state index is 0.0502. The number of carbonyl (C=O) groups is 1. The number of halogens is 1. The topological polar surface area (TPSA) is 51.7 Å². The molecule has 8 heteroatoms. The zero-order chi connectivity index (χ0) is 18.1. The van der Waals surface area contributed by atoms with E-state index in [0.717, 1.165) is 24.0 Å². The molecule has 4 rings (SSSR count). The number of nitrogens with zero attached hydrogens (tertiary/aromatic N) is 2. The average molecular weight is 455 g/mol. The van der Waals surface area contributed by atoms with Gasteiger partial charge in [0.05, 0.1) is 19.4 Å². The van der Waals surface area contributed by atoms with Crippen LogP contribution in [0, 0.1) is 0 Å². The van der Waals surface area contributed by atoms with Crippen LogP contribution in [0.5, 0.6) is 0 Å². The largest absolute Gasteiger partial charge is 0.342 e. The molecule has 3 heterocycles. The highest BCUT2D eigenvalue weighted by molar-refractivity contribution is 9.10. The highest BCUT2D eigenvalue weighted by Crippen LogP contribution is 2.35. The molecule has 0 aliphatic carbocycles. The SMILES string of the molecule is CC1(c2ncc(C(=O)N3CCC(Sc4ccc(Br)cc4)C3)s2)OCCO1. The highest BCUT2D eigenvalue weighted by atomic mass is 79.9. The van der Waals surface area contributed by atoms with Gasteiger partial charge in [-0.1, -0.05) is 15.9 Å². The maximum atomic E-state index is 12.8. The standard InChI is InChI=1S/C18H19BrN2O3S2/c1-18(23-8-9-24-18)17-20-10-15(26-17)16(22)21-7-6-14(11-21)25-13-4-2-12(19)3-5-13/h2-5,10,14H,6-9,11H2,1H3. The smallest absolute Gasteiger partial charge is 0.265 e. The molecule has 0 bridgehead atoms. The summed E-state index contributed by atoms with van der Waals surface area (Å²) in [6.45, 7) is 4.51. The molecule has 26 heavy (non-hydrogen) atoms. The van der Waals surface area contributed by atoms with E-state index in [1.54, 1.807) is 6.20 Å². The Balaban J connectivity index is 1.38. The quantitative estimate of drug-likeness (QED) is 0.694. The van der Waals surface area contributed by atoms with E-state index in [0.29, 0.717) is 28.3 Å². The van der Waals surface area contributed by atoms with Crippen LogP contribution in [0.25, 0.3) is 0 Å². The fraction of sp³-hybridized carbons (Fsp3) is 0.444. The van der Waals surface area contributed by atoms with Crippen molar-refractivity contribution in [3.05, 3.63) is 44.8 Å². The van der Waals surface area contributed by atoms with Crippen molar-refractivity contribution in [3.8, 4) is 0 Å². The average Bonchev–Trinajstić information content (AvgIpc) is 3.37. The molecule has 1 unspecified atom stereocenters. The van der Waals surface area contributed by atoms with Gasteiger partial charge in [0.15, 0.2) is 5.01 Å². The zero-order valence-corrected chi connectivity index (χ0v) is 17.5. The van der Waals surface area contributed by atoms with Crippen molar-refractivity contribution >= 4 is 44.9 Å². The second-order valence-corrected chi connectivity index (χ2v) is 9.73. The summed E-state index contributed by atoms with van der Waals surface area (Å²) in [7, 11) is 0. The molecular formula is C18H19BrN2O3S2. The first-order valence-corrected chi connectivity index (χ1v) is 11.0. The fourth-order valence-electron chi connectivity index (χ4n) is 3.09. The number of thioether (sulfide) groups is 1. The van der Waals surface area contributed by atoms with E-state index in [2.05, 4.69) is 33.0 Å². The number of hydrogen-bond donors (Lipinski definition) is 0. The number of likely N-dealkylation sites (tertiary alicyclic amines) is 1. The molecular weight excluding hydrogens is 436 g/mol. The number of rotatable bonds is 4. The van der Waals surface area contributed by atoms with Crippen LogP contribution >= 0.6 is 39.0 Å². The van der Waals surface area contributed by atoms with Gasteiger partial charge < -0.3 is 14.4 Å². The minimum Gasteiger partial charge on any atom is -0.342 e. The summed E-state index contributed by atoms with van der Waals surface area (Å²) in [5.74, 6) is -0.761. The Hall–Kier alpha value is -0.930. The fourth-order valence-corrected chi connectivity index (χ4v) is 5.45. The number of hydrogen-bond acceptors (Lipinski definition) is 6. The summed E-state index contributed by atoms with van der Waals surface area (Å²) in [6.07, 6.45) is 2.65. The third-order valence-electron chi connectivity index (χ3n) is 4.49. The van der Waals surface area contributed by atoms with Gasteiger partial charge >= 0.3 is 0 Å². The van der Waals surface area contributed by atoms with Gasteiger partial charge in [0.1, 0.15) is 4.88 Å². The Labute approximate surface area is 169 Å². The molecule has 2 saturated heterocycles. The van der Waals surface area contributed by atoms with E-state index in [-0.39, 0.29) is 5.91 Å². The second kappa shape index (κ2) is 7.59. The molecule has 1 atom stereocenters. The normalized spacial score (nSPS) is 22.1. The van der Waals surface area contributed by atoms with Gasteiger partial charge in [-0.25, -0.2) is 4.98 Å². The van der Waals surface area contributed by atoms with Gasteiger partial charge in [0.25, 0.3) is 5.91 Å². The van der Waals surface area contributed by atoms with E-state index < -0.39 is 5.79 Å². The Kier molecular flexibility index (Phi) is 5.38. The number of thiazole rings is 1. The first-order chi connectivity index (χ1) is 12.5. The van der Waals surface area contributed by atoms with Crippen LogP contribution in [-0.4, -0.2) is 47.3 Å². The van der Waals surface area contributed by atoms with Crippen LogP contribution in [0.3, 0.4) is 0 Å². The summed E-state index contributed by atoms with van der Waals surface area (Å²) in [5, 5.41) is 1.13. The highest BCUT2D eigenvalue weighted by Gasteiger charge is 2.37. The summed E-state index contributed by atoms with van der Waals surface area (Å²) >= 11 is 6.66. The summed E-state index contributed by atoms with van der Waals surface area (Å²) in [4.78, 5) is 21.0. The molecule has 2 fully saturated rings. The maximum absolute atomic E-state index is 12.8. The maximum Gasteiger partial charge on any atom is 0.265 e. The minimum atomic E-state index is -0.811. The number of ether oxygens (including phenoxy) is 2. The lowest BCUT2D eigenvalue weighted by Gasteiger charge is -2.19. The molecule has 1 aromatic heterocycles. The Morgan fingerprint density at radius 2 is 2.08 bits per heavy atom. The van der Waals surface area contributed by atoms with E-state index >= 15 is 0 Å². The number of amides is 1. The van der Waals surface area contributed by atoms with Crippen molar-refractivity contribution < 1.29 is 14.3 Å². The van der Waals surface area contributed by atoms with Crippen LogP contribution in [0.1, 0.15) is 28.0 Å². The molecule has 2 aliphatic rings. The van der Waals surface area contributed by atoms with Crippen molar-refractivity contribution in [3.63, 3.8) is 0 Å². The molecule has 1 aromatic carbocycles. The van der Waals surface area contributed by atoms with Crippen molar-refractivity contribution in [1.29, 1.82) is 0 Å². The summed E-state index contributed by atoms with van der Waals surface area (Å²) < 4.78 is 12.3. The lowest BCUT2D eigenvalue weighted by atomic mass is 10.3. The molecule has 5 nitrogen and oxygen atoms in total. The van der Waals surface area contributed by atoms with E-state index in [1.807, 2.05) is 35.7 Å². The van der Waals surface area contributed by atoms with Crippen LogP contribution in [0.2, 0.25) is 0 Å². The Morgan fingerprint density at radius 1 is 1.35 bits per heavy atom. The lowest BCUT2D eigenvalue weighted by molar-refractivity contribution is -0.149. The van der Waals surface area contributed by atoms with Crippen molar-refractivity contribution in [1.82, 2.24) is 9.88 Å². The number of carbonyl (C=O) groups excluding carboxylic acids is 1. The van der Waals surface area contributed by atoms with Crippen LogP contribution in [0.15, 0.2) is 39.8 Å². The summed E-state index contributed by atoms with van der Waals surface area (Å²) in [5.41, 5.74) is 0. The lowest BCUT2D eigenvalue weighted by Crippen LogP contribution is -2.28. The van der Waals surface area contributed by atoms with E-state index in [4.69, 9.17) is 9.47 Å². The van der Waals surface area contributed by atoms with Crippen LogP contribution in [0.4, 0.5) is 0 Å². The van der Waals surface area contributed by atoms with Gasteiger partial charge in [0.2, 0.25) is 5.79 Å². The Morgan fingerprint density at radius 3 is 2.81 bits per heavy atom. The predicted molar refractivity (Wildman–Crippen MR) is 106 cm³/mol. The van der Waals surface area contributed by atoms with E-state index in [9.17, 15) is 4.79 Å². The van der Waals surface area contributed by atoms with Crippen molar-refractivity contribution in [2.24, 2.45) is 0 Å². The molecule has 2 aliphatic heterocycles.